The van der Waals surface area contributed by atoms with Crippen LogP contribution in [0.1, 0.15) is 25.3 Å². The molecule has 0 saturated carbocycles. The Balaban J connectivity index is 1.81. The van der Waals surface area contributed by atoms with Gasteiger partial charge in [0, 0.05) is 17.1 Å². The van der Waals surface area contributed by atoms with Crippen LogP contribution in [0.25, 0.3) is 21.3 Å². The van der Waals surface area contributed by atoms with Crippen LogP contribution in [-0.2, 0) is 0 Å². The molecule has 1 aromatic carbocycles. The Labute approximate surface area is 160 Å². The lowest BCUT2D eigenvalue weighted by molar-refractivity contribution is 0.867. The molecule has 3 heterocycles. The average molecular weight is 381 g/mol. The van der Waals surface area contributed by atoms with Crippen LogP contribution in [0.5, 0.6) is 0 Å². The Morgan fingerprint density at radius 1 is 1.04 bits per heavy atom. The molecule has 0 saturated heterocycles. The van der Waals surface area contributed by atoms with E-state index in [0.717, 1.165) is 32.8 Å². The summed E-state index contributed by atoms with van der Waals surface area (Å²) in [6.45, 7) is 4.39. The Hall–Kier alpha value is -2.50. The van der Waals surface area contributed by atoms with Crippen molar-refractivity contribution in [2.24, 2.45) is 0 Å². The number of fused-ring (bicyclic) bond motifs is 1. The van der Waals surface area contributed by atoms with E-state index in [1.54, 1.807) is 23.9 Å². The van der Waals surface area contributed by atoms with Crippen molar-refractivity contribution in [3.8, 4) is 11.1 Å². The van der Waals surface area contributed by atoms with E-state index in [9.17, 15) is 0 Å². The summed E-state index contributed by atoms with van der Waals surface area (Å²) in [7, 11) is 0. The summed E-state index contributed by atoms with van der Waals surface area (Å²) in [4.78, 5) is 13.9. The summed E-state index contributed by atoms with van der Waals surface area (Å²) in [5.41, 5.74) is 4.31. The Bertz CT molecular complexity index is 1060. The third-order valence-electron chi connectivity index (χ3n) is 4.27. The number of hydrogen-bond donors (Lipinski definition) is 1. The third-order valence-corrected chi connectivity index (χ3v) is 5.46. The fourth-order valence-corrected chi connectivity index (χ4v) is 3.92. The van der Waals surface area contributed by atoms with E-state index >= 15 is 0 Å². The second-order valence-electron chi connectivity index (χ2n) is 6.30. The van der Waals surface area contributed by atoms with E-state index in [4.69, 9.17) is 11.6 Å². The second kappa shape index (κ2) is 7.02. The summed E-state index contributed by atoms with van der Waals surface area (Å²) in [5, 5.41) is 6.84. The minimum atomic E-state index is 0.414. The number of aromatic nitrogens is 3. The SMILES string of the molecule is CC(C)c1ccc(-c2csc3ncnc(Nc4cccnc4Cl)c23)cc1. The molecule has 4 rings (SSSR count). The molecule has 0 bridgehead atoms. The fourth-order valence-electron chi connectivity index (χ4n) is 2.84. The minimum Gasteiger partial charge on any atom is -0.337 e. The molecular weight excluding hydrogens is 364 g/mol. The third kappa shape index (κ3) is 3.16. The molecule has 0 aliphatic carbocycles. The summed E-state index contributed by atoms with van der Waals surface area (Å²) in [6, 6.07) is 12.4. The first-order chi connectivity index (χ1) is 12.6. The number of nitrogens with zero attached hydrogens (tertiary/aromatic N) is 3. The van der Waals surface area contributed by atoms with Gasteiger partial charge in [0.1, 0.15) is 17.0 Å². The zero-order chi connectivity index (χ0) is 18.1. The Kier molecular flexibility index (Phi) is 4.57. The predicted octanol–water partition coefficient (Wildman–Crippen LogP) is 6.27. The molecule has 26 heavy (non-hydrogen) atoms. The van der Waals surface area contributed by atoms with Crippen molar-refractivity contribution < 1.29 is 0 Å². The van der Waals surface area contributed by atoms with E-state index in [0.29, 0.717) is 11.1 Å². The topological polar surface area (TPSA) is 50.7 Å². The monoisotopic (exact) mass is 380 g/mol. The number of rotatable bonds is 4. The van der Waals surface area contributed by atoms with Crippen molar-refractivity contribution in [3.05, 3.63) is 65.0 Å². The quantitative estimate of drug-likeness (QED) is 0.423. The summed E-state index contributed by atoms with van der Waals surface area (Å²) < 4.78 is 0. The smallest absolute Gasteiger partial charge is 0.152 e. The van der Waals surface area contributed by atoms with Crippen molar-refractivity contribution in [3.63, 3.8) is 0 Å². The minimum absolute atomic E-state index is 0.414. The molecule has 0 radical (unpaired) electrons. The molecule has 6 heteroatoms. The molecule has 0 atom stereocenters. The first-order valence-corrected chi connectivity index (χ1v) is 9.59. The molecule has 3 aromatic heterocycles. The van der Waals surface area contributed by atoms with Crippen molar-refractivity contribution in [1.29, 1.82) is 0 Å². The lowest BCUT2D eigenvalue weighted by Crippen LogP contribution is -1.97. The van der Waals surface area contributed by atoms with Gasteiger partial charge in [-0.2, -0.15) is 0 Å². The largest absolute Gasteiger partial charge is 0.337 e. The van der Waals surface area contributed by atoms with Gasteiger partial charge in [-0.1, -0.05) is 49.7 Å². The van der Waals surface area contributed by atoms with Crippen LogP contribution in [-0.4, -0.2) is 15.0 Å². The Morgan fingerprint density at radius 2 is 1.85 bits per heavy atom. The molecular formula is C20H17ClN4S. The number of thiophene rings is 1. The molecule has 130 valence electrons. The number of nitrogens with one attached hydrogen (secondary N) is 1. The van der Waals surface area contributed by atoms with Crippen LogP contribution < -0.4 is 5.32 Å². The van der Waals surface area contributed by atoms with Crippen molar-refractivity contribution in [2.75, 3.05) is 5.32 Å². The highest BCUT2D eigenvalue weighted by Crippen LogP contribution is 2.38. The van der Waals surface area contributed by atoms with Crippen molar-refractivity contribution >= 4 is 44.7 Å². The van der Waals surface area contributed by atoms with Gasteiger partial charge in [-0.25, -0.2) is 15.0 Å². The van der Waals surface area contributed by atoms with Crippen LogP contribution in [0.15, 0.2) is 54.3 Å². The van der Waals surface area contributed by atoms with Crippen LogP contribution >= 0.6 is 22.9 Å². The lowest BCUT2D eigenvalue weighted by atomic mass is 9.99. The molecule has 0 aliphatic rings. The van der Waals surface area contributed by atoms with Crippen molar-refractivity contribution in [1.82, 2.24) is 15.0 Å². The maximum Gasteiger partial charge on any atom is 0.152 e. The van der Waals surface area contributed by atoms with Gasteiger partial charge in [0.25, 0.3) is 0 Å². The highest BCUT2D eigenvalue weighted by Gasteiger charge is 2.14. The van der Waals surface area contributed by atoms with Crippen LogP contribution in [0.3, 0.4) is 0 Å². The zero-order valence-electron chi connectivity index (χ0n) is 14.4. The van der Waals surface area contributed by atoms with E-state index in [1.807, 2.05) is 12.1 Å². The van der Waals surface area contributed by atoms with E-state index in [1.165, 1.54) is 5.56 Å². The van der Waals surface area contributed by atoms with Crippen LogP contribution in [0.2, 0.25) is 5.15 Å². The number of hydrogen-bond acceptors (Lipinski definition) is 5. The maximum atomic E-state index is 6.19. The average Bonchev–Trinajstić information content (AvgIpc) is 3.09. The fraction of sp³-hybridized carbons (Fsp3) is 0.150. The zero-order valence-corrected chi connectivity index (χ0v) is 16.0. The predicted molar refractivity (Wildman–Crippen MR) is 109 cm³/mol. The van der Waals surface area contributed by atoms with Crippen molar-refractivity contribution in [2.45, 2.75) is 19.8 Å². The summed E-state index contributed by atoms with van der Waals surface area (Å²) >= 11 is 7.80. The normalized spacial score (nSPS) is 11.2. The van der Waals surface area contributed by atoms with E-state index in [2.05, 4.69) is 63.8 Å². The first-order valence-electron chi connectivity index (χ1n) is 8.33. The maximum absolute atomic E-state index is 6.19. The molecule has 0 aliphatic heterocycles. The van der Waals surface area contributed by atoms with Gasteiger partial charge in [-0.05, 0) is 29.2 Å². The van der Waals surface area contributed by atoms with E-state index in [-0.39, 0.29) is 0 Å². The molecule has 0 unspecified atom stereocenters. The summed E-state index contributed by atoms with van der Waals surface area (Å²) in [6.07, 6.45) is 3.23. The second-order valence-corrected chi connectivity index (χ2v) is 7.51. The highest BCUT2D eigenvalue weighted by atomic mass is 35.5. The number of pyridine rings is 1. The molecule has 1 N–H and O–H groups in total. The van der Waals surface area contributed by atoms with Gasteiger partial charge in [-0.15, -0.1) is 11.3 Å². The first kappa shape index (κ1) is 16.9. The lowest BCUT2D eigenvalue weighted by Gasteiger charge is -2.10. The van der Waals surface area contributed by atoms with Crippen LogP contribution in [0.4, 0.5) is 11.5 Å². The molecule has 4 aromatic rings. The van der Waals surface area contributed by atoms with Gasteiger partial charge in [0.2, 0.25) is 0 Å². The van der Waals surface area contributed by atoms with Gasteiger partial charge in [-0.3, -0.25) is 0 Å². The van der Waals surface area contributed by atoms with Gasteiger partial charge in [0.15, 0.2) is 5.15 Å². The van der Waals surface area contributed by atoms with Gasteiger partial charge < -0.3 is 5.32 Å². The molecule has 4 nitrogen and oxygen atoms in total. The molecule has 0 spiro atoms. The number of halogens is 1. The van der Waals surface area contributed by atoms with Crippen LogP contribution in [0, 0.1) is 0 Å². The Morgan fingerprint density at radius 3 is 2.58 bits per heavy atom. The molecule has 0 fully saturated rings. The summed E-state index contributed by atoms with van der Waals surface area (Å²) in [5.74, 6) is 1.24. The molecule has 0 amide bonds. The van der Waals surface area contributed by atoms with Gasteiger partial charge >= 0.3 is 0 Å². The standard InChI is InChI=1S/C20H17ClN4S/c1-12(2)13-5-7-14(8-6-13)15-10-26-20-17(15)19(23-11-24-20)25-16-4-3-9-22-18(16)21/h3-12H,1-2H3,(H,23,24,25). The van der Waals surface area contributed by atoms with Gasteiger partial charge in [0.05, 0.1) is 11.1 Å². The number of anilines is 2. The highest BCUT2D eigenvalue weighted by molar-refractivity contribution is 7.17. The number of benzene rings is 1. The van der Waals surface area contributed by atoms with E-state index < -0.39 is 0 Å².